The fourth-order valence-electron chi connectivity index (χ4n) is 10.4. The van der Waals surface area contributed by atoms with Crippen LogP contribution < -0.4 is 0 Å². The maximum atomic E-state index is 6.46. The Bertz CT molecular complexity index is 3770. The van der Waals surface area contributed by atoms with Crippen LogP contribution in [0.25, 0.3) is 115 Å². The highest BCUT2D eigenvalue weighted by Crippen LogP contribution is 2.53. The molecular weight excluding hydrogens is 719 g/mol. The zero-order valence-electron chi connectivity index (χ0n) is 32.5. The van der Waals surface area contributed by atoms with Gasteiger partial charge in [-0.2, -0.15) is 0 Å². The van der Waals surface area contributed by atoms with Crippen LogP contribution in [0.5, 0.6) is 0 Å². The summed E-state index contributed by atoms with van der Waals surface area (Å²) >= 11 is 0. The van der Waals surface area contributed by atoms with Crippen molar-refractivity contribution in [2.24, 2.45) is 0 Å². The Labute approximate surface area is 339 Å². The van der Waals surface area contributed by atoms with Crippen LogP contribution in [0.2, 0.25) is 0 Å². The molecule has 0 fully saturated rings. The Morgan fingerprint density at radius 3 is 2.10 bits per heavy atom. The van der Waals surface area contributed by atoms with Gasteiger partial charge in [-0.3, -0.25) is 9.97 Å². The molecule has 4 nitrogen and oxygen atoms in total. The molecule has 4 heterocycles. The average Bonchev–Trinajstić information content (AvgIpc) is 3.89. The van der Waals surface area contributed by atoms with Crippen molar-refractivity contribution in [2.45, 2.75) is 19.3 Å². The van der Waals surface area contributed by atoms with Crippen molar-refractivity contribution >= 4 is 76.2 Å². The number of furan rings is 1. The zero-order valence-corrected chi connectivity index (χ0v) is 32.5. The van der Waals surface area contributed by atoms with Gasteiger partial charge >= 0.3 is 0 Å². The molecule has 0 saturated carbocycles. The average molecular weight is 754 g/mol. The van der Waals surface area contributed by atoms with Gasteiger partial charge in [0.05, 0.1) is 22.2 Å². The summed E-state index contributed by atoms with van der Waals surface area (Å²) in [5.41, 5.74) is 16.1. The van der Waals surface area contributed by atoms with Gasteiger partial charge in [-0.1, -0.05) is 111 Å². The summed E-state index contributed by atoms with van der Waals surface area (Å²) in [6.45, 7) is 4.75. The molecule has 12 aromatic rings. The van der Waals surface area contributed by atoms with Gasteiger partial charge in [-0.05, 0) is 110 Å². The molecule has 13 rings (SSSR count). The lowest BCUT2D eigenvalue weighted by Crippen LogP contribution is -2.15. The van der Waals surface area contributed by atoms with E-state index in [4.69, 9.17) is 9.40 Å². The first-order valence-corrected chi connectivity index (χ1v) is 20.3. The molecule has 0 spiro atoms. The van der Waals surface area contributed by atoms with Crippen molar-refractivity contribution in [1.82, 2.24) is 14.5 Å². The van der Waals surface area contributed by atoms with Crippen LogP contribution in [0.1, 0.15) is 25.0 Å². The molecule has 0 N–H and O–H groups in total. The van der Waals surface area contributed by atoms with E-state index < -0.39 is 0 Å². The van der Waals surface area contributed by atoms with Gasteiger partial charge in [0.1, 0.15) is 11.2 Å². The Kier molecular flexibility index (Phi) is 6.48. The Balaban J connectivity index is 0.999. The summed E-state index contributed by atoms with van der Waals surface area (Å²) in [6, 6.07) is 57.7. The summed E-state index contributed by atoms with van der Waals surface area (Å²) in [4.78, 5) is 9.32. The van der Waals surface area contributed by atoms with E-state index in [1.165, 1.54) is 77.0 Å². The number of rotatable bonds is 3. The summed E-state index contributed by atoms with van der Waals surface area (Å²) in [5.74, 6) is 0. The number of benzene rings is 8. The summed E-state index contributed by atoms with van der Waals surface area (Å²) in [6.07, 6.45) is 5.73. The van der Waals surface area contributed by atoms with Gasteiger partial charge in [0.15, 0.2) is 0 Å². The summed E-state index contributed by atoms with van der Waals surface area (Å²) < 4.78 is 8.88. The predicted octanol–water partition coefficient (Wildman–Crippen LogP) is 14.6. The van der Waals surface area contributed by atoms with Crippen molar-refractivity contribution in [3.63, 3.8) is 0 Å². The molecule has 0 atom stereocenters. The Morgan fingerprint density at radius 2 is 1.19 bits per heavy atom. The molecule has 276 valence electrons. The fraction of sp³-hybridized carbons (Fsp3) is 0.0545. The van der Waals surface area contributed by atoms with Crippen molar-refractivity contribution in [3.8, 4) is 39.1 Å². The highest BCUT2D eigenvalue weighted by Gasteiger charge is 2.36. The van der Waals surface area contributed by atoms with Crippen LogP contribution in [0.4, 0.5) is 0 Å². The van der Waals surface area contributed by atoms with E-state index in [1.54, 1.807) is 0 Å². The van der Waals surface area contributed by atoms with Gasteiger partial charge in [-0.15, -0.1) is 0 Å². The lowest BCUT2D eigenvalue weighted by atomic mass is 9.80. The molecule has 0 saturated heterocycles. The second kappa shape index (κ2) is 11.7. The molecule has 59 heavy (non-hydrogen) atoms. The normalized spacial score (nSPS) is 13.4. The van der Waals surface area contributed by atoms with E-state index in [2.05, 4.69) is 169 Å². The number of nitrogens with zero attached hydrogens (tertiary/aromatic N) is 3. The van der Waals surface area contributed by atoms with Crippen molar-refractivity contribution in [3.05, 3.63) is 187 Å². The van der Waals surface area contributed by atoms with Crippen LogP contribution in [-0.2, 0) is 5.41 Å². The van der Waals surface area contributed by atoms with Crippen LogP contribution in [-0.4, -0.2) is 14.5 Å². The van der Waals surface area contributed by atoms with Crippen LogP contribution in [0, 0.1) is 0 Å². The smallest absolute Gasteiger partial charge is 0.137 e. The largest absolute Gasteiger partial charge is 0.456 e. The Morgan fingerprint density at radius 1 is 0.441 bits per heavy atom. The maximum Gasteiger partial charge on any atom is 0.137 e. The highest BCUT2D eigenvalue weighted by atomic mass is 16.3. The highest BCUT2D eigenvalue weighted by molar-refractivity contribution is 6.25. The number of aromatic nitrogens is 3. The molecule has 0 radical (unpaired) electrons. The minimum absolute atomic E-state index is 0.212. The number of para-hydroxylation sites is 3. The van der Waals surface area contributed by atoms with Crippen LogP contribution in [0.15, 0.2) is 181 Å². The van der Waals surface area contributed by atoms with E-state index in [9.17, 15) is 0 Å². The third-order valence-corrected chi connectivity index (χ3v) is 13.1. The monoisotopic (exact) mass is 753 g/mol. The quantitative estimate of drug-likeness (QED) is 0.169. The number of pyridine rings is 2. The topological polar surface area (TPSA) is 43.9 Å². The van der Waals surface area contributed by atoms with Crippen LogP contribution in [0.3, 0.4) is 0 Å². The van der Waals surface area contributed by atoms with E-state index >= 15 is 0 Å². The number of fused-ring (bicyclic) bond motifs is 15. The molecule has 0 bridgehead atoms. The van der Waals surface area contributed by atoms with E-state index in [0.717, 1.165) is 49.4 Å². The molecule has 1 aliphatic rings. The lowest BCUT2D eigenvalue weighted by molar-refractivity contribution is 0.661. The predicted molar refractivity (Wildman–Crippen MR) is 245 cm³/mol. The fourth-order valence-corrected chi connectivity index (χ4v) is 10.4. The molecule has 8 aromatic carbocycles. The molecular formula is C55H35N3O. The van der Waals surface area contributed by atoms with E-state index in [1.807, 2.05) is 30.7 Å². The zero-order chi connectivity index (χ0) is 39.0. The van der Waals surface area contributed by atoms with Gasteiger partial charge in [0.2, 0.25) is 0 Å². The molecule has 4 heteroatoms. The minimum Gasteiger partial charge on any atom is -0.456 e. The van der Waals surface area contributed by atoms with Gasteiger partial charge < -0.3 is 8.98 Å². The second-order valence-electron chi connectivity index (χ2n) is 16.5. The second-order valence-corrected chi connectivity index (χ2v) is 16.5. The standard InChI is InChI=1S/C55H35N3O/c1-55(2)47-26-32(21-22-36(47)43-27-41-40-17-11-24-57-54(40)46-31-56-25-23-35(46)42(41)29-48(43)55)33-12-3-4-13-34(33)37-14-5-8-18-49(37)58-50-19-9-6-15-38(50)44-28-45-39-16-7-10-20-52(39)59-53(45)30-51(44)58/h3-31H,1-2H3. The summed E-state index contributed by atoms with van der Waals surface area (Å²) in [7, 11) is 0. The van der Waals surface area contributed by atoms with Crippen molar-refractivity contribution < 1.29 is 4.42 Å². The summed E-state index contributed by atoms with van der Waals surface area (Å²) in [5, 5.41) is 10.6. The maximum absolute atomic E-state index is 6.46. The van der Waals surface area contributed by atoms with E-state index in [-0.39, 0.29) is 5.41 Å². The van der Waals surface area contributed by atoms with E-state index in [0.29, 0.717) is 0 Å². The van der Waals surface area contributed by atoms with Crippen molar-refractivity contribution in [2.75, 3.05) is 0 Å². The molecule has 0 unspecified atom stereocenters. The van der Waals surface area contributed by atoms with Gasteiger partial charge in [0, 0.05) is 68.0 Å². The number of hydrogen-bond donors (Lipinski definition) is 0. The molecule has 1 aliphatic carbocycles. The first-order valence-electron chi connectivity index (χ1n) is 20.3. The SMILES string of the molecule is CC1(C)c2cc(-c3ccccc3-c3ccccc3-n3c4ccccc4c4cc5c(cc43)oc3ccccc35)ccc2-c2cc3c(cc21)c1ccncc1c1ncccc31. The lowest BCUT2D eigenvalue weighted by Gasteiger charge is -2.23. The third kappa shape index (κ3) is 4.43. The van der Waals surface area contributed by atoms with Crippen LogP contribution >= 0.6 is 0 Å². The van der Waals surface area contributed by atoms with Gasteiger partial charge in [0.25, 0.3) is 0 Å². The first-order chi connectivity index (χ1) is 29.0. The third-order valence-electron chi connectivity index (χ3n) is 13.1. The molecule has 0 amide bonds. The van der Waals surface area contributed by atoms with Crippen molar-refractivity contribution in [1.29, 1.82) is 0 Å². The van der Waals surface area contributed by atoms with Gasteiger partial charge in [-0.25, -0.2) is 0 Å². The Hall–Kier alpha value is -7.56. The first kappa shape index (κ1) is 32.5. The molecule has 0 aliphatic heterocycles. The molecule has 4 aromatic heterocycles. The minimum atomic E-state index is -0.212. The number of hydrogen-bond acceptors (Lipinski definition) is 3.